The fraction of sp³-hybridized carbons (Fsp3) is 0.519. The van der Waals surface area contributed by atoms with Crippen molar-refractivity contribution in [3.05, 3.63) is 64.5 Å². The molecule has 170 valence electrons. The third kappa shape index (κ3) is 3.98. The Morgan fingerprint density at radius 3 is 2.50 bits per heavy atom. The summed E-state index contributed by atoms with van der Waals surface area (Å²) in [5, 5.41) is 22.1. The van der Waals surface area contributed by atoms with E-state index in [0.29, 0.717) is 18.3 Å². The molecule has 0 amide bonds. The number of β-amino-alcohol motifs (C(OH)–C–C–N with tert-alkyl or cyclic N) is 1. The molecule has 1 fully saturated rings. The fourth-order valence-electron chi connectivity index (χ4n) is 5.76. The van der Waals surface area contributed by atoms with Crippen LogP contribution in [0.5, 0.6) is 0 Å². The first-order valence-electron chi connectivity index (χ1n) is 11.9. The Balaban J connectivity index is 1.34. The van der Waals surface area contributed by atoms with Crippen LogP contribution < -0.4 is 0 Å². The van der Waals surface area contributed by atoms with Crippen molar-refractivity contribution in [3.8, 4) is 0 Å². The molecule has 5 nitrogen and oxygen atoms in total. The van der Waals surface area contributed by atoms with Crippen LogP contribution in [0.15, 0.2) is 36.4 Å². The summed E-state index contributed by atoms with van der Waals surface area (Å²) in [5.74, 6) is 1.26. The van der Waals surface area contributed by atoms with Gasteiger partial charge < -0.3 is 19.7 Å². The standard InChI is InChI=1S/C27H35N3O2/c1-17-5-7-20-13-19(14-21(20)11-17)15-29-10-9-24(25(31)16-29)30-23-8-6-18(2)12-22(23)28-26(30)27(3,4)32/h5-8,11-12,19,24-25,31-32H,9-10,13-16H2,1-4H3/t19?,24-,25-/m1/s1. The number of imidazole rings is 1. The lowest BCUT2D eigenvalue weighted by atomic mass is 9.97. The molecule has 1 unspecified atom stereocenters. The molecule has 1 aliphatic heterocycles. The van der Waals surface area contributed by atoms with Gasteiger partial charge in [0.15, 0.2) is 0 Å². The van der Waals surface area contributed by atoms with Crippen LogP contribution in [0.4, 0.5) is 0 Å². The van der Waals surface area contributed by atoms with Gasteiger partial charge in [0.25, 0.3) is 0 Å². The second-order valence-electron chi connectivity index (χ2n) is 10.6. The van der Waals surface area contributed by atoms with E-state index in [0.717, 1.165) is 48.9 Å². The van der Waals surface area contributed by atoms with Crippen molar-refractivity contribution in [1.29, 1.82) is 0 Å². The minimum Gasteiger partial charge on any atom is -0.390 e. The lowest BCUT2D eigenvalue weighted by Gasteiger charge is -2.39. The average molecular weight is 434 g/mol. The molecular weight excluding hydrogens is 398 g/mol. The first-order chi connectivity index (χ1) is 15.2. The summed E-state index contributed by atoms with van der Waals surface area (Å²) in [7, 11) is 0. The molecule has 2 heterocycles. The summed E-state index contributed by atoms with van der Waals surface area (Å²) in [5.41, 5.74) is 6.28. The van der Waals surface area contributed by atoms with Crippen LogP contribution in [-0.2, 0) is 18.4 Å². The lowest BCUT2D eigenvalue weighted by molar-refractivity contribution is 0.0119. The first kappa shape index (κ1) is 21.6. The molecule has 32 heavy (non-hydrogen) atoms. The van der Waals surface area contributed by atoms with E-state index in [1.165, 1.54) is 16.7 Å². The van der Waals surface area contributed by atoms with Crippen LogP contribution >= 0.6 is 0 Å². The molecule has 0 spiro atoms. The Kier molecular flexibility index (Phi) is 5.39. The van der Waals surface area contributed by atoms with Gasteiger partial charge in [-0.15, -0.1) is 0 Å². The van der Waals surface area contributed by atoms with Gasteiger partial charge in [-0.2, -0.15) is 0 Å². The van der Waals surface area contributed by atoms with Crippen molar-refractivity contribution < 1.29 is 10.2 Å². The van der Waals surface area contributed by atoms with E-state index in [9.17, 15) is 10.2 Å². The van der Waals surface area contributed by atoms with E-state index in [1.807, 2.05) is 0 Å². The third-order valence-corrected chi connectivity index (χ3v) is 7.25. The molecule has 2 aromatic carbocycles. The van der Waals surface area contributed by atoms with Crippen LogP contribution in [0.3, 0.4) is 0 Å². The van der Waals surface area contributed by atoms with Crippen molar-refractivity contribution in [2.24, 2.45) is 5.92 Å². The minimum absolute atomic E-state index is 0.0798. The molecule has 3 atom stereocenters. The zero-order chi connectivity index (χ0) is 22.6. The number of aromatic nitrogens is 2. The second-order valence-corrected chi connectivity index (χ2v) is 10.6. The summed E-state index contributed by atoms with van der Waals surface area (Å²) < 4.78 is 2.10. The SMILES string of the molecule is Cc1ccc2c(c1)CC(CN1CC[C@@H](n3c(C(C)(C)O)nc4cc(C)ccc43)[C@H](O)C1)C2. The van der Waals surface area contributed by atoms with Crippen molar-refractivity contribution in [2.75, 3.05) is 19.6 Å². The fourth-order valence-corrected chi connectivity index (χ4v) is 5.76. The molecule has 1 aliphatic carbocycles. The van der Waals surface area contributed by atoms with Crippen LogP contribution in [-0.4, -0.2) is 50.4 Å². The number of rotatable bonds is 4. The third-order valence-electron chi connectivity index (χ3n) is 7.25. The minimum atomic E-state index is -1.07. The van der Waals surface area contributed by atoms with Crippen molar-refractivity contribution in [2.45, 2.75) is 64.7 Å². The Morgan fingerprint density at radius 2 is 1.75 bits per heavy atom. The van der Waals surface area contributed by atoms with Crippen molar-refractivity contribution in [3.63, 3.8) is 0 Å². The number of aliphatic hydroxyl groups excluding tert-OH is 1. The highest BCUT2D eigenvalue weighted by atomic mass is 16.3. The molecule has 2 aliphatic rings. The topological polar surface area (TPSA) is 61.5 Å². The number of hydrogen-bond acceptors (Lipinski definition) is 4. The van der Waals surface area contributed by atoms with Crippen molar-refractivity contribution in [1.82, 2.24) is 14.5 Å². The molecule has 2 N–H and O–H groups in total. The van der Waals surface area contributed by atoms with Gasteiger partial charge in [-0.1, -0.05) is 29.8 Å². The van der Waals surface area contributed by atoms with Crippen LogP contribution in [0, 0.1) is 19.8 Å². The molecule has 1 aromatic heterocycles. The lowest BCUT2D eigenvalue weighted by Crippen LogP contribution is -2.47. The number of fused-ring (bicyclic) bond motifs is 2. The van der Waals surface area contributed by atoms with Gasteiger partial charge in [0.2, 0.25) is 0 Å². The van der Waals surface area contributed by atoms with E-state index >= 15 is 0 Å². The number of nitrogens with zero attached hydrogens (tertiary/aromatic N) is 3. The number of aryl methyl sites for hydroxylation is 2. The molecule has 0 bridgehead atoms. The normalized spacial score (nSPS) is 24.2. The average Bonchev–Trinajstić information content (AvgIpc) is 3.28. The van der Waals surface area contributed by atoms with E-state index in [1.54, 1.807) is 13.8 Å². The summed E-state index contributed by atoms with van der Waals surface area (Å²) in [6, 6.07) is 13.0. The maximum Gasteiger partial charge on any atom is 0.141 e. The maximum atomic E-state index is 11.2. The first-order valence-corrected chi connectivity index (χ1v) is 11.9. The number of piperidine rings is 1. The monoisotopic (exact) mass is 433 g/mol. The Hall–Kier alpha value is -2.21. The van der Waals surface area contributed by atoms with Crippen LogP contribution in [0.25, 0.3) is 11.0 Å². The smallest absolute Gasteiger partial charge is 0.141 e. The Bertz CT molecular complexity index is 1140. The van der Waals surface area contributed by atoms with Crippen molar-refractivity contribution >= 4 is 11.0 Å². The van der Waals surface area contributed by atoms with Crippen LogP contribution in [0.2, 0.25) is 0 Å². The van der Waals surface area contributed by atoms with E-state index in [4.69, 9.17) is 4.98 Å². The van der Waals surface area contributed by atoms with E-state index < -0.39 is 11.7 Å². The van der Waals surface area contributed by atoms with Gasteiger partial charge in [0, 0.05) is 19.6 Å². The van der Waals surface area contributed by atoms with Gasteiger partial charge >= 0.3 is 0 Å². The quantitative estimate of drug-likeness (QED) is 0.655. The molecule has 5 heteroatoms. The van der Waals surface area contributed by atoms with Gasteiger partial charge in [-0.05, 0) is 81.7 Å². The molecule has 1 saturated heterocycles. The number of benzene rings is 2. The number of likely N-dealkylation sites (tertiary alicyclic amines) is 1. The van der Waals surface area contributed by atoms with Gasteiger partial charge in [-0.25, -0.2) is 4.98 Å². The zero-order valence-electron chi connectivity index (χ0n) is 19.7. The van der Waals surface area contributed by atoms with Gasteiger partial charge in [0.1, 0.15) is 11.4 Å². The highest BCUT2D eigenvalue weighted by molar-refractivity contribution is 5.77. The molecule has 5 rings (SSSR count). The largest absolute Gasteiger partial charge is 0.390 e. The molecule has 0 saturated carbocycles. The number of hydrogen-bond donors (Lipinski definition) is 2. The Labute approximate surface area is 190 Å². The van der Waals surface area contributed by atoms with E-state index in [2.05, 4.69) is 59.7 Å². The van der Waals surface area contributed by atoms with Gasteiger partial charge in [-0.3, -0.25) is 0 Å². The van der Waals surface area contributed by atoms with E-state index in [-0.39, 0.29) is 6.04 Å². The zero-order valence-corrected chi connectivity index (χ0v) is 19.7. The summed E-state index contributed by atoms with van der Waals surface area (Å²) in [6.07, 6.45) is 2.64. The second kappa shape index (κ2) is 7.98. The summed E-state index contributed by atoms with van der Waals surface area (Å²) >= 11 is 0. The summed E-state index contributed by atoms with van der Waals surface area (Å²) in [6.45, 7) is 10.4. The number of aliphatic hydroxyl groups is 2. The van der Waals surface area contributed by atoms with Gasteiger partial charge in [0.05, 0.1) is 23.2 Å². The Morgan fingerprint density at radius 1 is 1.03 bits per heavy atom. The summed E-state index contributed by atoms with van der Waals surface area (Å²) in [4.78, 5) is 7.20. The molecular formula is C27H35N3O2. The highest BCUT2D eigenvalue weighted by Gasteiger charge is 2.36. The highest BCUT2D eigenvalue weighted by Crippen LogP contribution is 2.35. The predicted octanol–water partition coefficient (Wildman–Crippen LogP) is 3.90. The molecule has 0 radical (unpaired) electrons. The maximum absolute atomic E-state index is 11.2. The molecule has 3 aromatic rings. The predicted molar refractivity (Wildman–Crippen MR) is 128 cm³/mol. The van der Waals surface area contributed by atoms with Crippen LogP contribution in [0.1, 0.15) is 54.4 Å².